The van der Waals surface area contributed by atoms with Crippen LogP contribution in [0.4, 0.5) is 0 Å². The number of ether oxygens (including phenoxy) is 2. The van der Waals surface area contributed by atoms with E-state index in [0.717, 1.165) is 31.8 Å². The summed E-state index contributed by atoms with van der Waals surface area (Å²) in [4.78, 5) is 0. The molecular formula is C17H37NO3. The van der Waals surface area contributed by atoms with E-state index in [1.54, 1.807) is 0 Å². The van der Waals surface area contributed by atoms with Gasteiger partial charge in [0.05, 0.1) is 25.9 Å². The van der Waals surface area contributed by atoms with E-state index in [0.29, 0.717) is 32.4 Å². The second kappa shape index (κ2) is 14.8. The zero-order chi connectivity index (χ0) is 15.9. The quantitative estimate of drug-likeness (QED) is 0.457. The van der Waals surface area contributed by atoms with Crippen LogP contribution in [-0.2, 0) is 9.47 Å². The molecule has 0 aromatic heterocycles. The minimum atomic E-state index is -0.437. The van der Waals surface area contributed by atoms with E-state index in [1.165, 1.54) is 12.8 Å². The average molecular weight is 303 g/mol. The molecule has 128 valence electrons. The van der Waals surface area contributed by atoms with Gasteiger partial charge in [-0.05, 0) is 25.7 Å². The van der Waals surface area contributed by atoms with Crippen LogP contribution in [0.15, 0.2) is 0 Å². The second-order valence-electron chi connectivity index (χ2n) is 6.33. The monoisotopic (exact) mass is 303 g/mol. The lowest BCUT2D eigenvalue weighted by Gasteiger charge is -2.17. The number of aliphatic hydroxyl groups is 1. The molecule has 0 saturated carbocycles. The van der Waals surface area contributed by atoms with Gasteiger partial charge in [0, 0.05) is 19.2 Å². The van der Waals surface area contributed by atoms with Crippen LogP contribution in [0.1, 0.15) is 59.8 Å². The second-order valence-corrected chi connectivity index (χ2v) is 6.33. The van der Waals surface area contributed by atoms with Crippen LogP contribution in [0, 0.1) is 5.92 Å². The van der Waals surface area contributed by atoms with Crippen molar-refractivity contribution in [3.8, 4) is 0 Å². The fourth-order valence-corrected chi connectivity index (χ4v) is 2.02. The maximum Gasteiger partial charge on any atom is 0.0897 e. The summed E-state index contributed by atoms with van der Waals surface area (Å²) in [7, 11) is 0. The van der Waals surface area contributed by atoms with Gasteiger partial charge in [-0.3, -0.25) is 0 Å². The smallest absolute Gasteiger partial charge is 0.0897 e. The van der Waals surface area contributed by atoms with Gasteiger partial charge in [0.1, 0.15) is 0 Å². The van der Waals surface area contributed by atoms with Gasteiger partial charge in [0.15, 0.2) is 0 Å². The van der Waals surface area contributed by atoms with Crippen molar-refractivity contribution in [3.63, 3.8) is 0 Å². The van der Waals surface area contributed by atoms with Gasteiger partial charge in [0.25, 0.3) is 0 Å². The van der Waals surface area contributed by atoms with Gasteiger partial charge < -0.3 is 19.9 Å². The Morgan fingerprint density at radius 1 is 0.952 bits per heavy atom. The van der Waals surface area contributed by atoms with Crippen LogP contribution in [0.3, 0.4) is 0 Å². The number of nitrogens with one attached hydrogen (secondary N) is 1. The third-order valence-electron chi connectivity index (χ3n) is 3.45. The summed E-state index contributed by atoms with van der Waals surface area (Å²) in [5, 5.41) is 13.2. The molecular weight excluding hydrogens is 266 g/mol. The lowest BCUT2D eigenvalue weighted by Crippen LogP contribution is -2.36. The van der Waals surface area contributed by atoms with Crippen molar-refractivity contribution >= 4 is 0 Å². The van der Waals surface area contributed by atoms with Crippen LogP contribution in [0.2, 0.25) is 0 Å². The van der Waals surface area contributed by atoms with Gasteiger partial charge in [-0.15, -0.1) is 0 Å². The van der Waals surface area contributed by atoms with Crippen molar-refractivity contribution in [2.45, 2.75) is 71.9 Å². The first-order valence-corrected chi connectivity index (χ1v) is 8.63. The molecule has 0 amide bonds. The van der Waals surface area contributed by atoms with E-state index in [-0.39, 0.29) is 0 Å². The minimum Gasteiger partial charge on any atom is -0.389 e. The number of hydrogen-bond acceptors (Lipinski definition) is 4. The van der Waals surface area contributed by atoms with Crippen molar-refractivity contribution < 1.29 is 14.6 Å². The Hall–Kier alpha value is -0.160. The highest BCUT2D eigenvalue weighted by atomic mass is 16.5. The molecule has 0 aliphatic carbocycles. The molecule has 0 fully saturated rings. The first-order valence-electron chi connectivity index (χ1n) is 8.63. The molecule has 0 aliphatic heterocycles. The van der Waals surface area contributed by atoms with E-state index >= 15 is 0 Å². The zero-order valence-electron chi connectivity index (χ0n) is 14.6. The van der Waals surface area contributed by atoms with Crippen molar-refractivity contribution in [1.29, 1.82) is 0 Å². The molecule has 2 unspecified atom stereocenters. The molecule has 0 aromatic rings. The number of aliphatic hydroxyl groups excluding tert-OH is 1. The van der Waals surface area contributed by atoms with Crippen molar-refractivity contribution in [2.75, 3.05) is 33.0 Å². The molecule has 0 rings (SSSR count). The molecule has 0 aliphatic rings. The van der Waals surface area contributed by atoms with Crippen LogP contribution >= 0.6 is 0 Å². The Morgan fingerprint density at radius 2 is 1.67 bits per heavy atom. The van der Waals surface area contributed by atoms with E-state index in [2.05, 4.69) is 33.0 Å². The highest BCUT2D eigenvalue weighted by Gasteiger charge is 2.07. The standard InChI is InChI=1S/C17H37NO3/c1-5-6-10-20-11-12-21-14-17(19)13-18-16(4)9-7-8-15(2)3/h15-19H,5-14H2,1-4H3. The molecule has 4 heteroatoms. The van der Waals surface area contributed by atoms with Gasteiger partial charge in [-0.25, -0.2) is 0 Å². The van der Waals surface area contributed by atoms with Crippen LogP contribution in [0.25, 0.3) is 0 Å². The molecule has 0 saturated heterocycles. The zero-order valence-corrected chi connectivity index (χ0v) is 14.6. The topological polar surface area (TPSA) is 50.7 Å². The fraction of sp³-hybridized carbons (Fsp3) is 1.00. The predicted octanol–water partition coefficient (Wildman–Crippen LogP) is 2.99. The highest BCUT2D eigenvalue weighted by molar-refractivity contribution is 4.65. The van der Waals surface area contributed by atoms with E-state index in [1.807, 2.05) is 0 Å². The molecule has 0 radical (unpaired) electrons. The van der Waals surface area contributed by atoms with Gasteiger partial charge in [-0.1, -0.05) is 40.0 Å². The first kappa shape index (κ1) is 20.8. The number of rotatable bonds is 15. The Balaban J connectivity index is 3.34. The van der Waals surface area contributed by atoms with E-state index in [9.17, 15) is 5.11 Å². The molecule has 0 heterocycles. The summed E-state index contributed by atoms with van der Waals surface area (Å²) in [5.41, 5.74) is 0. The third kappa shape index (κ3) is 16.0. The average Bonchev–Trinajstić information content (AvgIpc) is 2.43. The SMILES string of the molecule is CCCCOCCOCC(O)CNC(C)CCCC(C)C. The summed E-state index contributed by atoms with van der Waals surface area (Å²) >= 11 is 0. The van der Waals surface area contributed by atoms with Crippen molar-refractivity contribution in [2.24, 2.45) is 5.92 Å². The number of hydrogen-bond donors (Lipinski definition) is 2. The largest absolute Gasteiger partial charge is 0.389 e. The minimum absolute atomic E-state index is 0.378. The Kier molecular flexibility index (Phi) is 14.7. The molecule has 0 aromatic carbocycles. The molecule has 0 spiro atoms. The molecule has 21 heavy (non-hydrogen) atoms. The third-order valence-corrected chi connectivity index (χ3v) is 3.45. The molecule has 2 N–H and O–H groups in total. The Bertz CT molecular complexity index is 212. The predicted molar refractivity (Wildman–Crippen MR) is 88.7 cm³/mol. The van der Waals surface area contributed by atoms with Gasteiger partial charge in [-0.2, -0.15) is 0 Å². The van der Waals surface area contributed by atoms with Crippen LogP contribution < -0.4 is 5.32 Å². The van der Waals surface area contributed by atoms with E-state index in [4.69, 9.17) is 9.47 Å². The normalized spacial score (nSPS) is 14.6. The van der Waals surface area contributed by atoms with Crippen LogP contribution in [0.5, 0.6) is 0 Å². The highest BCUT2D eigenvalue weighted by Crippen LogP contribution is 2.08. The lowest BCUT2D eigenvalue weighted by molar-refractivity contribution is 0.00325. The van der Waals surface area contributed by atoms with Crippen LogP contribution in [-0.4, -0.2) is 50.2 Å². The first-order chi connectivity index (χ1) is 10.1. The molecule has 4 nitrogen and oxygen atoms in total. The Labute approximate surface area is 131 Å². The van der Waals surface area contributed by atoms with Crippen molar-refractivity contribution in [3.05, 3.63) is 0 Å². The lowest BCUT2D eigenvalue weighted by atomic mass is 10.0. The Morgan fingerprint density at radius 3 is 2.33 bits per heavy atom. The number of unbranched alkanes of at least 4 members (excludes halogenated alkanes) is 1. The summed E-state index contributed by atoms with van der Waals surface area (Å²) in [6.07, 6.45) is 5.50. The molecule has 0 bridgehead atoms. The fourth-order valence-electron chi connectivity index (χ4n) is 2.02. The molecule has 2 atom stereocenters. The maximum atomic E-state index is 9.82. The summed E-state index contributed by atoms with van der Waals surface area (Å²) in [6.45, 7) is 11.8. The summed E-state index contributed by atoms with van der Waals surface area (Å²) in [5.74, 6) is 0.774. The van der Waals surface area contributed by atoms with E-state index < -0.39 is 6.10 Å². The van der Waals surface area contributed by atoms with Crippen molar-refractivity contribution in [1.82, 2.24) is 5.32 Å². The van der Waals surface area contributed by atoms with Gasteiger partial charge >= 0.3 is 0 Å². The van der Waals surface area contributed by atoms with Gasteiger partial charge in [0.2, 0.25) is 0 Å². The maximum absolute atomic E-state index is 9.82. The summed E-state index contributed by atoms with van der Waals surface area (Å²) < 4.78 is 10.8. The summed E-state index contributed by atoms with van der Waals surface area (Å²) in [6, 6.07) is 0.454.